The SMILES string of the molecule is CN=C(NCC(C)(C)CCS(C)(=O)=O)NCC1(N2CCOCC2)CCCCC1.I. The molecule has 0 aromatic heterocycles. The molecular formula is C20H41IN4O3S. The minimum absolute atomic E-state index is 0. The molecule has 172 valence electrons. The molecule has 1 heterocycles. The topological polar surface area (TPSA) is 83.0 Å². The first kappa shape index (κ1) is 26.9. The zero-order valence-corrected chi connectivity index (χ0v) is 21.8. The number of hydrogen-bond donors (Lipinski definition) is 2. The molecule has 29 heavy (non-hydrogen) atoms. The second kappa shape index (κ2) is 12.0. The first-order valence-corrected chi connectivity index (χ1v) is 12.7. The van der Waals surface area contributed by atoms with Crippen LogP contribution in [0.5, 0.6) is 0 Å². The molecule has 9 heteroatoms. The number of aliphatic imine (C=N–C) groups is 1. The van der Waals surface area contributed by atoms with E-state index in [-0.39, 0.29) is 40.7 Å². The number of nitrogens with one attached hydrogen (secondary N) is 2. The van der Waals surface area contributed by atoms with Crippen LogP contribution in [0.3, 0.4) is 0 Å². The molecule has 0 aromatic carbocycles. The van der Waals surface area contributed by atoms with Gasteiger partial charge < -0.3 is 15.4 Å². The average molecular weight is 545 g/mol. The molecular weight excluding hydrogens is 503 g/mol. The van der Waals surface area contributed by atoms with Gasteiger partial charge in [0.25, 0.3) is 0 Å². The van der Waals surface area contributed by atoms with Gasteiger partial charge in [0.15, 0.2) is 5.96 Å². The summed E-state index contributed by atoms with van der Waals surface area (Å²) in [5, 5.41) is 6.97. The summed E-state index contributed by atoms with van der Waals surface area (Å²) in [5.74, 6) is 1.01. The van der Waals surface area contributed by atoms with E-state index in [0.717, 1.165) is 38.8 Å². The van der Waals surface area contributed by atoms with Crippen molar-refractivity contribution in [2.45, 2.75) is 57.9 Å². The summed E-state index contributed by atoms with van der Waals surface area (Å²) in [5.41, 5.74) is 0.0683. The van der Waals surface area contributed by atoms with Gasteiger partial charge in [-0.05, 0) is 24.7 Å². The van der Waals surface area contributed by atoms with Crippen molar-refractivity contribution in [2.24, 2.45) is 10.4 Å². The van der Waals surface area contributed by atoms with Gasteiger partial charge in [-0.1, -0.05) is 33.1 Å². The fourth-order valence-electron chi connectivity index (χ4n) is 4.19. The van der Waals surface area contributed by atoms with Crippen molar-refractivity contribution >= 4 is 39.8 Å². The second-order valence-corrected chi connectivity index (χ2v) is 11.5. The van der Waals surface area contributed by atoms with E-state index < -0.39 is 9.84 Å². The number of morpholine rings is 1. The zero-order chi connectivity index (χ0) is 20.7. The Hall–Kier alpha value is -0.130. The summed E-state index contributed by atoms with van der Waals surface area (Å²) < 4.78 is 28.5. The molecule has 0 unspecified atom stereocenters. The second-order valence-electron chi connectivity index (χ2n) is 9.21. The molecule has 1 saturated carbocycles. The quantitative estimate of drug-likeness (QED) is 0.277. The lowest BCUT2D eigenvalue weighted by Crippen LogP contribution is -2.60. The third-order valence-corrected chi connectivity index (χ3v) is 7.10. The Balaban J connectivity index is 0.00000420. The third kappa shape index (κ3) is 9.26. The number of halogens is 1. The van der Waals surface area contributed by atoms with Crippen LogP contribution in [0.1, 0.15) is 52.4 Å². The van der Waals surface area contributed by atoms with Crippen LogP contribution in [0.15, 0.2) is 4.99 Å². The van der Waals surface area contributed by atoms with Gasteiger partial charge in [-0.3, -0.25) is 9.89 Å². The molecule has 1 saturated heterocycles. The lowest BCUT2D eigenvalue weighted by molar-refractivity contribution is -0.0352. The van der Waals surface area contributed by atoms with Crippen LogP contribution >= 0.6 is 24.0 Å². The number of ether oxygens (including phenoxy) is 1. The van der Waals surface area contributed by atoms with Crippen molar-refractivity contribution in [3.05, 3.63) is 0 Å². The highest BCUT2D eigenvalue weighted by atomic mass is 127. The van der Waals surface area contributed by atoms with Gasteiger partial charge in [-0.25, -0.2) is 8.42 Å². The van der Waals surface area contributed by atoms with Gasteiger partial charge in [0, 0.05) is 45.0 Å². The van der Waals surface area contributed by atoms with Crippen molar-refractivity contribution in [1.29, 1.82) is 0 Å². The zero-order valence-electron chi connectivity index (χ0n) is 18.6. The van der Waals surface area contributed by atoms with Crippen LogP contribution in [0.4, 0.5) is 0 Å². The first-order valence-electron chi connectivity index (χ1n) is 10.6. The highest BCUT2D eigenvalue weighted by molar-refractivity contribution is 14.0. The molecule has 0 aromatic rings. The summed E-state index contributed by atoms with van der Waals surface area (Å²) in [7, 11) is -1.14. The highest BCUT2D eigenvalue weighted by Crippen LogP contribution is 2.33. The monoisotopic (exact) mass is 544 g/mol. The fraction of sp³-hybridized carbons (Fsp3) is 0.950. The lowest BCUT2D eigenvalue weighted by Gasteiger charge is -2.48. The maximum Gasteiger partial charge on any atom is 0.191 e. The van der Waals surface area contributed by atoms with Crippen molar-refractivity contribution in [1.82, 2.24) is 15.5 Å². The van der Waals surface area contributed by atoms with E-state index in [0.29, 0.717) is 13.0 Å². The number of guanidine groups is 1. The van der Waals surface area contributed by atoms with Crippen LogP contribution < -0.4 is 10.6 Å². The lowest BCUT2D eigenvalue weighted by atomic mass is 9.80. The van der Waals surface area contributed by atoms with Crippen LogP contribution in [0.25, 0.3) is 0 Å². The molecule has 0 spiro atoms. The van der Waals surface area contributed by atoms with E-state index in [1.54, 1.807) is 7.05 Å². The predicted molar refractivity (Wildman–Crippen MR) is 131 cm³/mol. The molecule has 1 aliphatic carbocycles. The molecule has 7 nitrogen and oxygen atoms in total. The average Bonchev–Trinajstić information content (AvgIpc) is 2.67. The molecule has 2 fully saturated rings. The first-order chi connectivity index (χ1) is 13.2. The summed E-state index contributed by atoms with van der Waals surface area (Å²) >= 11 is 0. The van der Waals surface area contributed by atoms with E-state index in [1.165, 1.54) is 38.4 Å². The predicted octanol–water partition coefficient (Wildman–Crippen LogP) is 2.27. The Bertz CT molecular complexity index is 613. The molecule has 1 aliphatic heterocycles. The van der Waals surface area contributed by atoms with Gasteiger partial charge >= 0.3 is 0 Å². The third-order valence-electron chi connectivity index (χ3n) is 6.16. The van der Waals surface area contributed by atoms with Gasteiger partial charge in [-0.15, -0.1) is 24.0 Å². The Morgan fingerprint density at radius 2 is 1.76 bits per heavy atom. The van der Waals surface area contributed by atoms with Crippen molar-refractivity contribution < 1.29 is 13.2 Å². The van der Waals surface area contributed by atoms with Crippen LogP contribution in [0.2, 0.25) is 0 Å². The number of hydrogen-bond acceptors (Lipinski definition) is 5. The molecule has 0 bridgehead atoms. The molecule has 2 rings (SSSR count). The van der Waals surface area contributed by atoms with Crippen molar-refractivity contribution in [3.8, 4) is 0 Å². The Labute approximate surface area is 194 Å². The maximum atomic E-state index is 11.5. The number of rotatable bonds is 8. The molecule has 0 amide bonds. The fourth-order valence-corrected chi connectivity index (χ4v) is 5.12. The number of nitrogens with zero attached hydrogens (tertiary/aromatic N) is 2. The van der Waals surface area contributed by atoms with E-state index in [9.17, 15) is 8.42 Å². The Morgan fingerprint density at radius 1 is 1.14 bits per heavy atom. The van der Waals surface area contributed by atoms with Gasteiger partial charge in [0.05, 0.1) is 19.0 Å². The smallest absolute Gasteiger partial charge is 0.191 e. The summed E-state index contributed by atoms with van der Waals surface area (Å²) in [6.45, 7) is 9.41. The molecule has 2 N–H and O–H groups in total. The summed E-state index contributed by atoms with van der Waals surface area (Å²) in [6.07, 6.45) is 8.26. The van der Waals surface area contributed by atoms with Gasteiger partial charge in [0.2, 0.25) is 0 Å². The number of sulfone groups is 1. The largest absolute Gasteiger partial charge is 0.379 e. The standard InChI is InChI=1S/C20H40N4O3S.HI/c1-19(2,10-15-28(4,25)26)16-22-18(21-3)23-17-20(8-6-5-7-9-20)24-11-13-27-14-12-24;/h5-17H2,1-4H3,(H2,21,22,23);1H. The van der Waals surface area contributed by atoms with Crippen molar-refractivity contribution in [3.63, 3.8) is 0 Å². The minimum atomic E-state index is -2.94. The summed E-state index contributed by atoms with van der Waals surface area (Å²) in [6, 6.07) is 0. The Kier molecular flexibility index (Phi) is 11.2. The van der Waals surface area contributed by atoms with Gasteiger partial charge in [0.1, 0.15) is 9.84 Å². The molecule has 0 radical (unpaired) electrons. The van der Waals surface area contributed by atoms with Crippen LogP contribution in [-0.2, 0) is 14.6 Å². The van der Waals surface area contributed by atoms with E-state index in [2.05, 4.69) is 34.4 Å². The van der Waals surface area contributed by atoms with E-state index >= 15 is 0 Å². The van der Waals surface area contributed by atoms with Gasteiger partial charge in [-0.2, -0.15) is 0 Å². The van der Waals surface area contributed by atoms with Crippen molar-refractivity contribution in [2.75, 3.05) is 58.4 Å². The normalized spacial score (nSPS) is 21.3. The maximum absolute atomic E-state index is 11.5. The minimum Gasteiger partial charge on any atom is -0.379 e. The molecule has 2 aliphatic rings. The van der Waals surface area contributed by atoms with Crippen LogP contribution in [0, 0.1) is 5.41 Å². The summed E-state index contributed by atoms with van der Waals surface area (Å²) in [4.78, 5) is 7.01. The van der Waals surface area contributed by atoms with E-state index in [1.807, 2.05) is 0 Å². The molecule has 0 atom stereocenters. The Morgan fingerprint density at radius 3 is 2.31 bits per heavy atom. The highest BCUT2D eigenvalue weighted by Gasteiger charge is 2.38. The van der Waals surface area contributed by atoms with Crippen LogP contribution in [-0.4, -0.2) is 83.3 Å². The van der Waals surface area contributed by atoms with E-state index in [4.69, 9.17) is 4.74 Å².